The molecule has 0 radical (unpaired) electrons. The Balaban J connectivity index is -0.00000000571. The Labute approximate surface area is 170 Å². The van der Waals surface area contributed by atoms with E-state index in [1.54, 1.807) is 0 Å². The quantitative estimate of drug-likeness (QED) is 0.200. The fourth-order valence-electron chi connectivity index (χ4n) is 0. The number of hydrogen-bond acceptors (Lipinski definition) is 12. The van der Waals surface area contributed by atoms with Crippen molar-refractivity contribution in [1.82, 2.24) is 0 Å². The van der Waals surface area contributed by atoms with Gasteiger partial charge in [-0.1, -0.05) is 0 Å². The third-order valence-corrected chi connectivity index (χ3v) is 0. The van der Waals surface area contributed by atoms with Crippen LogP contribution in [0.2, 0.25) is 0 Å². The van der Waals surface area contributed by atoms with Crippen LogP contribution in [0, 0.1) is 0 Å². The molecule has 0 aromatic carbocycles. The zero-order valence-electron chi connectivity index (χ0n) is 11.5. The molecule has 0 heterocycles. The molecule has 0 rings (SSSR count). The largest absolute Gasteiger partial charge is 3.00 e. The predicted molar refractivity (Wildman–Crippen MR) is 63.9 cm³/mol. The van der Waals surface area contributed by atoms with Gasteiger partial charge in [-0.05, 0) is 0 Å². The summed E-state index contributed by atoms with van der Waals surface area (Å²) in [4.78, 5) is 0. The molecule has 0 aliphatic heterocycles. The van der Waals surface area contributed by atoms with E-state index in [1.165, 1.54) is 0 Å². The molecule has 21 nitrogen and oxygen atoms in total. The molecule has 0 saturated heterocycles. The van der Waals surface area contributed by atoms with Crippen LogP contribution in [0.1, 0.15) is 0 Å². The minimum absolute atomic E-state index is 0. The van der Waals surface area contributed by atoms with Crippen LogP contribution in [0.15, 0.2) is 0 Å². The zero-order chi connectivity index (χ0) is 13.5. The first-order valence-corrected chi connectivity index (χ1v) is 6.00. The maximum atomic E-state index is 8.52. The summed E-state index contributed by atoms with van der Waals surface area (Å²) in [5, 5.41) is 0. The van der Waals surface area contributed by atoms with Gasteiger partial charge in [0.05, 0.1) is 0 Å². The van der Waals surface area contributed by atoms with Crippen molar-refractivity contribution in [3.63, 3.8) is 0 Å². The third-order valence-electron chi connectivity index (χ3n) is 0. The summed E-state index contributed by atoms with van der Waals surface area (Å²) in [6.45, 7) is 0. The molecule has 172 valence electrons. The van der Waals surface area contributed by atoms with Gasteiger partial charge in [0, 0.05) is 31.2 Å². The Morgan fingerprint density at radius 2 is 0.308 bits per heavy atom. The van der Waals surface area contributed by atoms with Crippen molar-refractivity contribution in [3.8, 4) is 0 Å². The van der Waals surface area contributed by atoms with Crippen LogP contribution in [-0.2, 0) is 68.3 Å². The van der Waals surface area contributed by atoms with E-state index in [1.807, 2.05) is 0 Å². The molecule has 0 amide bonds. The van der Waals surface area contributed by atoms with Crippen LogP contribution in [0.25, 0.3) is 0 Å². The molecular formula is H18O21S3V2. The van der Waals surface area contributed by atoms with Crippen LogP contribution in [0.3, 0.4) is 0 Å². The molecule has 26 heavy (non-hydrogen) atoms. The Kier molecular flexibility index (Phi) is 190. The van der Waals surface area contributed by atoms with Gasteiger partial charge in [0.15, 0.2) is 0 Å². The smallest absolute Gasteiger partial charge is 0.759 e. The molecule has 0 aromatic rings. The predicted octanol–water partition coefficient (Wildman–Crippen LogP) is -11.4. The summed E-state index contributed by atoms with van der Waals surface area (Å²) in [6.07, 6.45) is 0. The van der Waals surface area contributed by atoms with Crippen LogP contribution in [-0.4, -0.2) is 102 Å². The van der Waals surface area contributed by atoms with E-state index in [0.717, 1.165) is 0 Å². The first kappa shape index (κ1) is 111. The van der Waals surface area contributed by atoms with Gasteiger partial charge in [0.25, 0.3) is 0 Å². The van der Waals surface area contributed by atoms with E-state index < -0.39 is 31.2 Å². The third kappa shape index (κ3) is 76300. The fourth-order valence-corrected chi connectivity index (χ4v) is 0. The second-order valence-corrected chi connectivity index (χ2v) is 3.67. The molecule has 26 heteroatoms. The van der Waals surface area contributed by atoms with Gasteiger partial charge < -0.3 is 76.6 Å². The average Bonchev–Trinajstić information content (AvgIpc) is 1.41. The molecule has 0 spiro atoms. The molecule has 0 aliphatic rings. The van der Waals surface area contributed by atoms with Gasteiger partial charge >= 0.3 is 37.1 Å². The van der Waals surface area contributed by atoms with Crippen LogP contribution in [0.5, 0.6) is 0 Å². The average molecular weight is 552 g/mol. The minimum atomic E-state index is -5.17. The maximum absolute atomic E-state index is 8.52. The van der Waals surface area contributed by atoms with Gasteiger partial charge in [0.2, 0.25) is 0 Å². The maximum Gasteiger partial charge on any atom is 3.00 e. The summed E-state index contributed by atoms with van der Waals surface area (Å²) < 4.78 is 102. The second kappa shape index (κ2) is 44.7. The molecule has 18 N–H and O–H groups in total. The van der Waals surface area contributed by atoms with Gasteiger partial charge in [-0.2, -0.15) is 0 Å². The summed E-state index contributed by atoms with van der Waals surface area (Å²) in [5.41, 5.74) is 0. The van der Waals surface area contributed by atoms with Crippen molar-refractivity contribution in [2.75, 3.05) is 0 Å². The van der Waals surface area contributed by atoms with Gasteiger partial charge in [-0.3, -0.25) is 25.3 Å². The monoisotopic (exact) mass is 552 g/mol. The normalized spacial score (nSPS) is 6.69. The standard InChI is InChI=1S/3H2O4S.9H2O.2V/c3*1-5(2,3)4;;;;;;;;;;;/h3*(H2,1,2,3,4);9*1H2;;/q;;;;;;;;;;;;2*+3/p-6. The molecule has 0 aromatic heterocycles. The molecule has 0 atom stereocenters. The first-order valence-electron chi connectivity index (χ1n) is 2.00. The van der Waals surface area contributed by atoms with Gasteiger partial charge in [-0.25, -0.2) is 0 Å². The molecule has 0 saturated carbocycles. The minimum Gasteiger partial charge on any atom is -0.759 e. The second-order valence-electron chi connectivity index (χ2n) is 1.22. The van der Waals surface area contributed by atoms with E-state index in [9.17, 15) is 0 Å². The molecule has 0 aliphatic carbocycles. The number of hydrogen-bond donors (Lipinski definition) is 0. The molecular weight excluding hydrogens is 534 g/mol. The van der Waals surface area contributed by atoms with E-state index in [0.29, 0.717) is 0 Å². The van der Waals surface area contributed by atoms with E-state index >= 15 is 0 Å². The van der Waals surface area contributed by atoms with Crippen molar-refractivity contribution >= 4 is 31.2 Å². The van der Waals surface area contributed by atoms with E-state index in [-0.39, 0.29) is 86.4 Å². The summed E-state index contributed by atoms with van der Waals surface area (Å²) in [6, 6.07) is 0. The molecule has 0 unspecified atom stereocenters. The summed E-state index contributed by atoms with van der Waals surface area (Å²) in [7, 11) is -15.5. The van der Waals surface area contributed by atoms with Gasteiger partial charge in [-0.15, -0.1) is 0 Å². The van der Waals surface area contributed by atoms with Crippen LogP contribution in [0.4, 0.5) is 0 Å². The van der Waals surface area contributed by atoms with Gasteiger partial charge in [0.1, 0.15) is 0 Å². The van der Waals surface area contributed by atoms with Crippen molar-refractivity contribution in [1.29, 1.82) is 0 Å². The Morgan fingerprint density at radius 1 is 0.308 bits per heavy atom. The summed E-state index contributed by atoms with van der Waals surface area (Å²) in [5.74, 6) is 0. The van der Waals surface area contributed by atoms with E-state index in [2.05, 4.69) is 0 Å². The topological polar surface area (TPSA) is 524 Å². The molecule has 0 bridgehead atoms. The summed E-state index contributed by atoms with van der Waals surface area (Å²) >= 11 is 0. The first-order chi connectivity index (χ1) is 6.00. The number of rotatable bonds is 0. The Bertz CT molecular complexity index is 344. The van der Waals surface area contributed by atoms with E-state index in [4.69, 9.17) is 52.6 Å². The zero-order valence-corrected chi connectivity index (χ0v) is 16.8. The van der Waals surface area contributed by atoms with Crippen LogP contribution < -0.4 is 0 Å². The van der Waals surface area contributed by atoms with Crippen molar-refractivity contribution in [3.05, 3.63) is 0 Å². The van der Waals surface area contributed by atoms with Crippen molar-refractivity contribution in [2.24, 2.45) is 0 Å². The SMILES string of the molecule is O.O.O.O.O.O.O.O.O.O=S(=O)([O-])[O-].O=S(=O)([O-])[O-].O=S(=O)([O-])[O-].[V+3].[V+3]. The van der Waals surface area contributed by atoms with Crippen molar-refractivity contribution in [2.45, 2.75) is 0 Å². The fraction of sp³-hybridized carbons (Fsp3) is 0. The van der Waals surface area contributed by atoms with Crippen molar-refractivity contribution < 1.29 is 139 Å². The Hall–Kier alpha value is 0.419. The van der Waals surface area contributed by atoms with Crippen LogP contribution >= 0.6 is 0 Å². The Morgan fingerprint density at radius 3 is 0.308 bits per heavy atom. The molecule has 0 fully saturated rings.